The summed E-state index contributed by atoms with van der Waals surface area (Å²) in [7, 11) is 0. The van der Waals surface area contributed by atoms with Crippen LogP contribution in [-0.4, -0.2) is 22.3 Å². The number of hydrogen-bond acceptors (Lipinski definition) is 2. The van der Waals surface area contributed by atoms with E-state index >= 15 is 0 Å². The molecule has 0 bridgehead atoms. The van der Waals surface area contributed by atoms with Gasteiger partial charge in [0.15, 0.2) is 0 Å². The van der Waals surface area contributed by atoms with Crippen LogP contribution in [0.25, 0.3) is 0 Å². The van der Waals surface area contributed by atoms with Gasteiger partial charge < -0.3 is 4.90 Å². The van der Waals surface area contributed by atoms with Crippen molar-refractivity contribution in [2.24, 2.45) is 0 Å². The number of carbonyl (C=O) groups is 1. The molecule has 1 aliphatic heterocycles. The van der Waals surface area contributed by atoms with E-state index in [1.165, 1.54) is 0 Å². The van der Waals surface area contributed by atoms with E-state index in [4.69, 9.17) is 11.6 Å². The normalized spacial score (nSPS) is 18.0. The highest BCUT2D eigenvalue weighted by Gasteiger charge is 2.31. The summed E-state index contributed by atoms with van der Waals surface area (Å²) in [5, 5.41) is 0.346. The lowest BCUT2D eigenvalue weighted by atomic mass is 10.0. The van der Waals surface area contributed by atoms with Crippen LogP contribution in [-0.2, 0) is 0 Å². The molecule has 3 nitrogen and oxygen atoms in total. The molecule has 3 rings (SSSR count). The second-order valence-corrected chi connectivity index (χ2v) is 6.36. The predicted octanol–water partition coefficient (Wildman–Crippen LogP) is 4.47. The van der Waals surface area contributed by atoms with Gasteiger partial charge in [-0.2, -0.15) is 0 Å². The van der Waals surface area contributed by atoms with Gasteiger partial charge in [-0.3, -0.25) is 4.79 Å². The van der Waals surface area contributed by atoms with E-state index in [9.17, 15) is 4.79 Å². The number of aromatic nitrogens is 1. The van der Waals surface area contributed by atoms with Crippen molar-refractivity contribution in [3.8, 4) is 0 Å². The summed E-state index contributed by atoms with van der Waals surface area (Å²) in [6.45, 7) is 0.754. The number of nitrogens with zero attached hydrogens (tertiary/aromatic N) is 2. The largest absolute Gasteiger partial charge is 0.330 e. The summed E-state index contributed by atoms with van der Waals surface area (Å²) in [6.07, 6.45) is 1.98. The minimum absolute atomic E-state index is 0.0556. The SMILES string of the molecule is O=C(c1cccc(Cl)n1)N1CCCC1c1cccc(Br)c1. The topological polar surface area (TPSA) is 33.2 Å². The lowest BCUT2D eigenvalue weighted by molar-refractivity contribution is 0.0729. The number of halogens is 2. The zero-order chi connectivity index (χ0) is 14.8. The van der Waals surface area contributed by atoms with Crippen molar-refractivity contribution in [2.45, 2.75) is 18.9 Å². The monoisotopic (exact) mass is 364 g/mol. The molecule has 5 heteroatoms. The number of carbonyl (C=O) groups excluding carboxylic acids is 1. The first-order valence-electron chi connectivity index (χ1n) is 6.84. The van der Waals surface area contributed by atoms with E-state index in [0.29, 0.717) is 10.8 Å². The molecule has 0 radical (unpaired) electrons. The molecule has 108 valence electrons. The van der Waals surface area contributed by atoms with Gasteiger partial charge >= 0.3 is 0 Å². The van der Waals surface area contributed by atoms with Crippen molar-refractivity contribution < 1.29 is 4.79 Å². The molecule has 1 unspecified atom stereocenters. The molecule has 2 heterocycles. The maximum Gasteiger partial charge on any atom is 0.273 e. The maximum atomic E-state index is 12.7. The third-order valence-electron chi connectivity index (χ3n) is 3.68. The van der Waals surface area contributed by atoms with Gasteiger partial charge in [0.1, 0.15) is 10.8 Å². The zero-order valence-electron chi connectivity index (χ0n) is 11.3. The minimum atomic E-state index is -0.0556. The Kier molecular flexibility index (Phi) is 4.27. The van der Waals surface area contributed by atoms with Crippen LogP contribution in [0.2, 0.25) is 5.15 Å². The Labute approximate surface area is 137 Å². The highest BCUT2D eigenvalue weighted by molar-refractivity contribution is 9.10. The first-order valence-corrected chi connectivity index (χ1v) is 8.01. The lowest BCUT2D eigenvalue weighted by Crippen LogP contribution is -2.31. The van der Waals surface area contributed by atoms with Crippen molar-refractivity contribution in [2.75, 3.05) is 6.54 Å². The van der Waals surface area contributed by atoms with E-state index < -0.39 is 0 Å². The Morgan fingerprint density at radius 2 is 2.10 bits per heavy atom. The highest BCUT2D eigenvalue weighted by atomic mass is 79.9. The van der Waals surface area contributed by atoms with Crippen LogP contribution < -0.4 is 0 Å². The molecule has 1 saturated heterocycles. The Morgan fingerprint density at radius 1 is 1.29 bits per heavy atom. The number of pyridine rings is 1. The Balaban J connectivity index is 1.89. The molecule has 0 N–H and O–H groups in total. The minimum Gasteiger partial charge on any atom is -0.330 e. The standard InChI is InChI=1S/C16H14BrClN2O/c17-12-5-1-4-11(10-12)14-7-3-9-20(14)16(21)13-6-2-8-15(18)19-13/h1-2,4-6,8,10,14H,3,7,9H2. The molecule has 2 aromatic rings. The van der Waals surface area contributed by atoms with Crippen LogP contribution in [0.15, 0.2) is 46.9 Å². The summed E-state index contributed by atoms with van der Waals surface area (Å²) in [5.41, 5.74) is 1.56. The summed E-state index contributed by atoms with van der Waals surface area (Å²) in [4.78, 5) is 18.7. The molecule has 0 saturated carbocycles. The molecule has 0 spiro atoms. The van der Waals surface area contributed by atoms with Crippen molar-refractivity contribution in [1.82, 2.24) is 9.88 Å². The predicted molar refractivity (Wildman–Crippen MR) is 86.4 cm³/mol. The van der Waals surface area contributed by atoms with Crippen LogP contribution >= 0.6 is 27.5 Å². The van der Waals surface area contributed by atoms with E-state index in [1.807, 2.05) is 17.0 Å². The summed E-state index contributed by atoms with van der Waals surface area (Å²) in [6, 6.07) is 13.4. The van der Waals surface area contributed by atoms with Gasteiger partial charge in [-0.25, -0.2) is 4.98 Å². The zero-order valence-corrected chi connectivity index (χ0v) is 13.6. The fourth-order valence-electron chi connectivity index (χ4n) is 2.74. The Morgan fingerprint density at radius 3 is 2.86 bits per heavy atom. The van der Waals surface area contributed by atoms with E-state index in [0.717, 1.165) is 29.4 Å². The summed E-state index contributed by atoms with van der Waals surface area (Å²) >= 11 is 9.37. The quantitative estimate of drug-likeness (QED) is 0.735. The lowest BCUT2D eigenvalue weighted by Gasteiger charge is -2.25. The van der Waals surface area contributed by atoms with Gasteiger partial charge in [-0.05, 0) is 42.7 Å². The van der Waals surface area contributed by atoms with Gasteiger partial charge in [0.05, 0.1) is 6.04 Å². The number of hydrogen-bond donors (Lipinski definition) is 0. The second-order valence-electron chi connectivity index (χ2n) is 5.06. The van der Waals surface area contributed by atoms with Crippen LogP contribution in [0.5, 0.6) is 0 Å². The maximum absolute atomic E-state index is 12.7. The van der Waals surface area contributed by atoms with Crippen LogP contribution in [0.4, 0.5) is 0 Å². The van der Waals surface area contributed by atoms with Gasteiger partial charge in [0.25, 0.3) is 5.91 Å². The molecule has 1 aromatic heterocycles. The van der Waals surface area contributed by atoms with Crippen molar-refractivity contribution in [3.63, 3.8) is 0 Å². The van der Waals surface area contributed by atoms with Crippen molar-refractivity contribution >= 4 is 33.4 Å². The van der Waals surface area contributed by atoms with E-state index in [-0.39, 0.29) is 11.9 Å². The number of benzene rings is 1. The van der Waals surface area contributed by atoms with Gasteiger partial charge in [-0.1, -0.05) is 45.7 Å². The van der Waals surface area contributed by atoms with Crippen LogP contribution in [0.1, 0.15) is 34.9 Å². The molecule has 0 aliphatic carbocycles. The molecule has 1 aromatic carbocycles. The second kappa shape index (κ2) is 6.16. The number of amides is 1. The summed E-state index contributed by atoms with van der Waals surface area (Å²) < 4.78 is 1.03. The van der Waals surface area contributed by atoms with Crippen molar-refractivity contribution in [1.29, 1.82) is 0 Å². The Hall–Kier alpha value is -1.39. The van der Waals surface area contributed by atoms with Gasteiger partial charge in [0, 0.05) is 11.0 Å². The molecule has 21 heavy (non-hydrogen) atoms. The highest BCUT2D eigenvalue weighted by Crippen LogP contribution is 2.34. The average Bonchev–Trinajstić information content (AvgIpc) is 2.96. The Bertz CT molecular complexity index is 677. The molecule has 1 amide bonds. The van der Waals surface area contributed by atoms with E-state index in [1.54, 1.807) is 18.2 Å². The first kappa shape index (κ1) is 14.5. The van der Waals surface area contributed by atoms with Crippen LogP contribution in [0, 0.1) is 0 Å². The first-order chi connectivity index (χ1) is 10.1. The molecule has 1 aliphatic rings. The third-order valence-corrected chi connectivity index (χ3v) is 4.39. The molecular formula is C16H14BrClN2O. The smallest absolute Gasteiger partial charge is 0.273 e. The molecular weight excluding hydrogens is 352 g/mol. The average molecular weight is 366 g/mol. The fourth-order valence-corrected chi connectivity index (χ4v) is 3.33. The number of rotatable bonds is 2. The van der Waals surface area contributed by atoms with Crippen LogP contribution in [0.3, 0.4) is 0 Å². The summed E-state index contributed by atoms with van der Waals surface area (Å²) in [5.74, 6) is -0.0556. The van der Waals surface area contributed by atoms with Gasteiger partial charge in [0.2, 0.25) is 0 Å². The molecule has 1 atom stereocenters. The number of likely N-dealkylation sites (tertiary alicyclic amines) is 1. The van der Waals surface area contributed by atoms with Crippen molar-refractivity contribution in [3.05, 3.63) is 63.3 Å². The van der Waals surface area contributed by atoms with E-state index in [2.05, 4.69) is 33.0 Å². The van der Waals surface area contributed by atoms with Gasteiger partial charge in [-0.15, -0.1) is 0 Å². The third kappa shape index (κ3) is 3.11. The molecule has 1 fully saturated rings. The fraction of sp³-hybridized carbons (Fsp3) is 0.250.